The van der Waals surface area contributed by atoms with E-state index < -0.39 is 5.91 Å². The van der Waals surface area contributed by atoms with Crippen LogP contribution >= 0.6 is 0 Å². The molecule has 0 saturated heterocycles. The van der Waals surface area contributed by atoms with Crippen molar-refractivity contribution >= 4 is 11.8 Å². The first-order valence-corrected chi connectivity index (χ1v) is 6.77. The van der Waals surface area contributed by atoms with Crippen molar-refractivity contribution in [3.8, 4) is 0 Å². The van der Waals surface area contributed by atoms with Crippen molar-refractivity contribution in [3.63, 3.8) is 0 Å². The summed E-state index contributed by atoms with van der Waals surface area (Å²) in [5.41, 5.74) is 4.82. The molecule has 1 unspecified atom stereocenters. The maximum atomic E-state index is 11.4. The number of carbonyl (C=O) groups is 2. The normalized spacial score (nSPS) is 11.6. The lowest BCUT2D eigenvalue weighted by Gasteiger charge is -2.27. The number of amides is 2. The van der Waals surface area contributed by atoms with Gasteiger partial charge in [-0.2, -0.15) is 0 Å². The molecule has 0 aliphatic rings. The smallest absolute Gasteiger partial charge is 0.223 e. The van der Waals surface area contributed by atoms with Crippen molar-refractivity contribution in [1.82, 2.24) is 5.32 Å². The molecule has 0 heterocycles. The highest BCUT2D eigenvalue weighted by Crippen LogP contribution is 2.28. The van der Waals surface area contributed by atoms with Gasteiger partial charge in [0.15, 0.2) is 0 Å². The van der Waals surface area contributed by atoms with E-state index in [-0.39, 0.29) is 23.7 Å². The summed E-state index contributed by atoms with van der Waals surface area (Å²) in [5, 5.41) is 2.53. The monoisotopic (exact) mass is 272 g/mol. The molecule has 19 heavy (non-hydrogen) atoms. The molecule has 0 aliphatic carbocycles. The van der Waals surface area contributed by atoms with Crippen molar-refractivity contribution in [3.05, 3.63) is 12.2 Å². The van der Waals surface area contributed by atoms with Crippen molar-refractivity contribution in [2.75, 3.05) is 7.05 Å². The summed E-state index contributed by atoms with van der Waals surface area (Å²) in [6, 6.07) is 0. The van der Waals surface area contributed by atoms with E-state index in [1.54, 1.807) is 7.05 Å². The third kappa shape index (κ3) is 14.6. The number of primary amides is 1. The minimum absolute atomic E-state index is 0.100. The molecule has 0 aromatic rings. The Morgan fingerprint density at radius 2 is 1.53 bits per heavy atom. The van der Waals surface area contributed by atoms with E-state index >= 15 is 0 Å². The van der Waals surface area contributed by atoms with Crippen LogP contribution < -0.4 is 11.1 Å². The fourth-order valence-electron chi connectivity index (χ4n) is 1.17. The summed E-state index contributed by atoms with van der Waals surface area (Å²) < 4.78 is 0. The molecular formula is C15H32N2O2. The van der Waals surface area contributed by atoms with E-state index in [1.165, 1.54) is 0 Å². The van der Waals surface area contributed by atoms with Crippen LogP contribution in [0.3, 0.4) is 0 Å². The van der Waals surface area contributed by atoms with Crippen LogP contribution in [0.2, 0.25) is 0 Å². The lowest BCUT2D eigenvalue weighted by atomic mass is 9.78. The van der Waals surface area contributed by atoms with Gasteiger partial charge < -0.3 is 11.1 Å². The number of hydrogen-bond donors (Lipinski definition) is 2. The molecule has 2 amide bonds. The molecule has 0 radical (unpaired) electrons. The molecule has 3 N–H and O–H groups in total. The Morgan fingerprint density at radius 1 is 1.16 bits per heavy atom. The number of nitrogens with two attached hydrogens (primary N) is 1. The zero-order valence-corrected chi connectivity index (χ0v) is 13.8. The van der Waals surface area contributed by atoms with Crippen molar-refractivity contribution < 1.29 is 9.59 Å². The summed E-state index contributed by atoms with van der Waals surface area (Å²) in [6.07, 6.45) is 4.10. The van der Waals surface area contributed by atoms with Crippen LogP contribution in [-0.2, 0) is 9.59 Å². The van der Waals surface area contributed by atoms with Gasteiger partial charge in [-0.3, -0.25) is 9.59 Å². The second-order valence-electron chi connectivity index (χ2n) is 4.87. The zero-order chi connectivity index (χ0) is 16.1. The lowest BCUT2D eigenvalue weighted by molar-refractivity contribution is -0.132. The Kier molecular flexibility index (Phi) is 15.8. The fraction of sp³-hybridized carbons (Fsp3) is 0.733. The molecule has 0 aromatic heterocycles. The molecule has 0 aromatic carbocycles. The van der Waals surface area contributed by atoms with E-state index in [1.807, 2.05) is 60.6 Å². The molecule has 0 bridgehead atoms. The van der Waals surface area contributed by atoms with E-state index in [2.05, 4.69) is 5.32 Å². The summed E-state index contributed by atoms with van der Waals surface area (Å²) in [6.45, 7) is 13.7. The summed E-state index contributed by atoms with van der Waals surface area (Å²) >= 11 is 0. The highest BCUT2D eigenvalue weighted by Gasteiger charge is 2.31. The van der Waals surface area contributed by atoms with Crippen LogP contribution in [-0.4, -0.2) is 18.9 Å². The Morgan fingerprint density at radius 3 is 1.68 bits per heavy atom. The quantitative estimate of drug-likeness (QED) is 0.775. The predicted molar refractivity (Wildman–Crippen MR) is 82.7 cm³/mol. The number of allylic oxidation sites excluding steroid dienone is 2. The van der Waals surface area contributed by atoms with E-state index in [0.29, 0.717) is 0 Å². The van der Waals surface area contributed by atoms with Crippen molar-refractivity contribution in [2.24, 2.45) is 17.1 Å². The predicted octanol–water partition coefficient (Wildman–Crippen LogP) is 2.88. The molecule has 1 atom stereocenters. The maximum absolute atomic E-state index is 11.4. The van der Waals surface area contributed by atoms with Gasteiger partial charge in [-0.25, -0.2) is 0 Å². The first kappa shape index (κ1) is 22.8. The summed E-state index contributed by atoms with van der Waals surface area (Å²) in [7, 11) is 1.56. The molecule has 0 fully saturated rings. The van der Waals surface area contributed by atoms with Crippen LogP contribution in [0.15, 0.2) is 12.2 Å². The van der Waals surface area contributed by atoms with Gasteiger partial charge in [-0.15, -0.1) is 0 Å². The number of nitrogens with one attached hydrogen (secondary N) is 1. The second kappa shape index (κ2) is 13.1. The van der Waals surface area contributed by atoms with Crippen molar-refractivity contribution in [1.29, 1.82) is 0 Å². The molecule has 0 rings (SSSR count). The average Bonchev–Trinajstić information content (AvgIpc) is 2.36. The highest BCUT2D eigenvalue weighted by atomic mass is 16.2. The first-order valence-electron chi connectivity index (χ1n) is 6.77. The standard InChI is InChI=1S/C9H18N2O2.C4H8.C2H6/c1-9(2,3)6(5-7(10)12)8(13)11-4;1-3-4-2;1-2/h6H,5H2,1-4H3,(H2,10,12)(H,11,13);3-4H,1-2H3;1-2H3/b;4-3+;. The van der Waals surface area contributed by atoms with Gasteiger partial charge in [0, 0.05) is 13.5 Å². The van der Waals surface area contributed by atoms with Gasteiger partial charge in [-0.1, -0.05) is 46.8 Å². The van der Waals surface area contributed by atoms with E-state index in [4.69, 9.17) is 5.73 Å². The fourth-order valence-corrected chi connectivity index (χ4v) is 1.17. The van der Waals surface area contributed by atoms with Crippen molar-refractivity contribution in [2.45, 2.75) is 54.9 Å². The highest BCUT2D eigenvalue weighted by molar-refractivity contribution is 5.85. The van der Waals surface area contributed by atoms with Crippen LogP contribution in [0.25, 0.3) is 0 Å². The number of hydrogen-bond acceptors (Lipinski definition) is 2. The topological polar surface area (TPSA) is 72.2 Å². The molecule has 0 saturated carbocycles. The van der Waals surface area contributed by atoms with Gasteiger partial charge in [0.1, 0.15) is 0 Å². The van der Waals surface area contributed by atoms with Crippen LogP contribution in [0.4, 0.5) is 0 Å². The van der Waals surface area contributed by atoms with Gasteiger partial charge >= 0.3 is 0 Å². The van der Waals surface area contributed by atoms with Crippen LogP contribution in [0.1, 0.15) is 54.9 Å². The largest absolute Gasteiger partial charge is 0.370 e. The molecule has 114 valence electrons. The van der Waals surface area contributed by atoms with Gasteiger partial charge in [0.25, 0.3) is 0 Å². The first-order chi connectivity index (χ1) is 8.70. The minimum atomic E-state index is -0.441. The Balaban J connectivity index is -0.000000361. The van der Waals surface area contributed by atoms with Gasteiger partial charge in [-0.05, 0) is 19.3 Å². The average molecular weight is 272 g/mol. The third-order valence-corrected chi connectivity index (χ3v) is 2.35. The molecular weight excluding hydrogens is 240 g/mol. The van der Waals surface area contributed by atoms with E-state index in [0.717, 1.165) is 0 Å². The SMILES string of the molecule is C/C=C/C.CC.CNC(=O)C(CC(N)=O)C(C)(C)C. The number of carbonyl (C=O) groups excluding carboxylic acids is 2. The van der Waals surface area contributed by atoms with Crippen LogP contribution in [0.5, 0.6) is 0 Å². The van der Waals surface area contributed by atoms with Crippen LogP contribution in [0, 0.1) is 11.3 Å². The third-order valence-electron chi connectivity index (χ3n) is 2.35. The molecule has 0 aliphatic heterocycles. The second-order valence-corrected chi connectivity index (χ2v) is 4.87. The summed E-state index contributed by atoms with van der Waals surface area (Å²) in [5.74, 6) is -0.926. The lowest BCUT2D eigenvalue weighted by Crippen LogP contribution is -2.38. The van der Waals surface area contributed by atoms with E-state index in [9.17, 15) is 9.59 Å². The molecule has 0 spiro atoms. The molecule has 4 nitrogen and oxygen atoms in total. The number of rotatable bonds is 3. The minimum Gasteiger partial charge on any atom is -0.370 e. The molecule has 4 heteroatoms. The summed E-state index contributed by atoms with van der Waals surface area (Å²) in [4.78, 5) is 22.1. The van der Waals surface area contributed by atoms with Gasteiger partial charge in [0.2, 0.25) is 11.8 Å². The Bertz CT molecular complexity index is 262. The Hall–Kier alpha value is -1.32. The maximum Gasteiger partial charge on any atom is 0.223 e. The van der Waals surface area contributed by atoms with Gasteiger partial charge in [0.05, 0.1) is 5.92 Å². The Labute approximate surface area is 118 Å². The zero-order valence-electron chi connectivity index (χ0n) is 13.8.